The number of hydrogen-bond donors (Lipinski definition) is 1. The molecule has 0 aliphatic rings. The van der Waals surface area contributed by atoms with Crippen LogP contribution in [0, 0.1) is 6.92 Å². The molecule has 0 aliphatic carbocycles. The summed E-state index contributed by atoms with van der Waals surface area (Å²) >= 11 is 5.73. The number of benzene rings is 1. The zero-order valence-electron chi connectivity index (χ0n) is 8.53. The summed E-state index contributed by atoms with van der Waals surface area (Å²) in [5.41, 5.74) is 6.34. The van der Waals surface area contributed by atoms with E-state index in [0.29, 0.717) is 16.3 Å². The van der Waals surface area contributed by atoms with Crippen molar-refractivity contribution in [1.82, 2.24) is 4.98 Å². The Balaban J connectivity index is 2.39. The first-order chi connectivity index (χ1) is 7.58. The SMILES string of the molecule is Cc1nc(N)oc1C(=O)c1ccc(Cl)cc1. The lowest BCUT2D eigenvalue weighted by Crippen LogP contribution is -2.01. The largest absolute Gasteiger partial charge is 0.420 e. The molecule has 4 nitrogen and oxygen atoms in total. The number of halogens is 1. The van der Waals surface area contributed by atoms with Crippen molar-refractivity contribution in [3.05, 3.63) is 46.3 Å². The summed E-state index contributed by atoms with van der Waals surface area (Å²) in [5.74, 6) is -0.0850. The number of anilines is 1. The number of oxazole rings is 1. The fourth-order valence-corrected chi connectivity index (χ4v) is 1.49. The topological polar surface area (TPSA) is 69.1 Å². The van der Waals surface area contributed by atoms with Gasteiger partial charge in [0.25, 0.3) is 6.01 Å². The lowest BCUT2D eigenvalue weighted by molar-refractivity contribution is 0.101. The predicted octanol–water partition coefficient (Wildman–Crippen LogP) is 2.45. The molecule has 0 aliphatic heterocycles. The zero-order chi connectivity index (χ0) is 11.7. The van der Waals surface area contributed by atoms with E-state index < -0.39 is 0 Å². The lowest BCUT2D eigenvalue weighted by atomic mass is 10.1. The van der Waals surface area contributed by atoms with E-state index in [4.69, 9.17) is 21.8 Å². The first-order valence-electron chi connectivity index (χ1n) is 4.61. The molecule has 0 saturated carbocycles. The zero-order valence-corrected chi connectivity index (χ0v) is 9.28. The van der Waals surface area contributed by atoms with Crippen molar-refractivity contribution in [2.45, 2.75) is 6.92 Å². The van der Waals surface area contributed by atoms with Crippen molar-refractivity contribution in [2.75, 3.05) is 5.73 Å². The molecular weight excluding hydrogens is 228 g/mol. The van der Waals surface area contributed by atoms with Crippen LogP contribution in [0.15, 0.2) is 28.7 Å². The number of aromatic nitrogens is 1. The summed E-state index contributed by atoms with van der Waals surface area (Å²) in [6.45, 7) is 1.67. The van der Waals surface area contributed by atoms with Crippen LogP contribution in [-0.2, 0) is 0 Å². The molecule has 0 unspecified atom stereocenters. The third kappa shape index (κ3) is 1.92. The highest BCUT2D eigenvalue weighted by Gasteiger charge is 2.17. The van der Waals surface area contributed by atoms with Crippen molar-refractivity contribution in [2.24, 2.45) is 0 Å². The summed E-state index contributed by atoms with van der Waals surface area (Å²) in [5, 5.41) is 0.574. The Morgan fingerprint density at radius 1 is 1.38 bits per heavy atom. The van der Waals surface area contributed by atoms with Gasteiger partial charge in [0, 0.05) is 10.6 Å². The molecule has 0 amide bonds. The van der Waals surface area contributed by atoms with Gasteiger partial charge in [-0.05, 0) is 31.2 Å². The quantitative estimate of drug-likeness (QED) is 0.814. The molecule has 0 radical (unpaired) electrons. The minimum Gasteiger partial charge on any atom is -0.420 e. The van der Waals surface area contributed by atoms with Crippen LogP contribution in [-0.4, -0.2) is 10.8 Å². The van der Waals surface area contributed by atoms with Gasteiger partial charge in [-0.15, -0.1) is 0 Å². The smallest absolute Gasteiger partial charge is 0.292 e. The molecule has 0 spiro atoms. The van der Waals surface area contributed by atoms with E-state index in [1.807, 2.05) is 0 Å². The number of rotatable bonds is 2. The van der Waals surface area contributed by atoms with Crippen LogP contribution in [0.3, 0.4) is 0 Å². The van der Waals surface area contributed by atoms with Crippen molar-refractivity contribution in [1.29, 1.82) is 0 Å². The lowest BCUT2D eigenvalue weighted by Gasteiger charge is -1.98. The second-order valence-electron chi connectivity index (χ2n) is 3.30. The molecule has 5 heteroatoms. The maximum atomic E-state index is 12.0. The Morgan fingerprint density at radius 3 is 2.50 bits per heavy atom. The first kappa shape index (κ1) is 10.7. The number of nitrogens with zero attached hydrogens (tertiary/aromatic N) is 1. The Hall–Kier alpha value is -1.81. The van der Waals surface area contributed by atoms with Crippen LogP contribution < -0.4 is 5.73 Å². The van der Waals surface area contributed by atoms with Crippen molar-refractivity contribution < 1.29 is 9.21 Å². The van der Waals surface area contributed by atoms with Gasteiger partial charge in [-0.3, -0.25) is 4.79 Å². The highest BCUT2D eigenvalue weighted by molar-refractivity contribution is 6.30. The molecule has 1 aromatic carbocycles. The molecule has 82 valence electrons. The number of nitrogens with two attached hydrogens (primary N) is 1. The Kier molecular flexibility index (Phi) is 2.66. The average molecular weight is 237 g/mol. The highest BCUT2D eigenvalue weighted by Crippen LogP contribution is 2.18. The summed E-state index contributed by atoms with van der Waals surface area (Å²) in [4.78, 5) is 15.8. The van der Waals surface area contributed by atoms with Crippen LogP contribution in [0.25, 0.3) is 0 Å². The van der Waals surface area contributed by atoms with Gasteiger partial charge in [0.1, 0.15) is 0 Å². The van der Waals surface area contributed by atoms with Gasteiger partial charge in [-0.25, -0.2) is 0 Å². The summed E-state index contributed by atoms with van der Waals surface area (Å²) in [6.07, 6.45) is 0. The van der Waals surface area contributed by atoms with E-state index in [9.17, 15) is 4.79 Å². The monoisotopic (exact) mass is 236 g/mol. The van der Waals surface area contributed by atoms with Gasteiger partial charge in [0.05, 0.1) is 5.69 Å². The number of nitrogen functional groups attached to an aromatic ring is 1. The van der Waals surface area contributed by atoms with Gasteiger partial charge < -0.3 is 10.2 Å². The molecule has 2 aromatic rings. The molecule has 2 rings (SSSR count). The second-order valence-corrected chi connectivity index (χ2v) is 3.74. The minimum atomic E-state index is -0.252. The molecule has 0 atom stereocenters. The number of carbonyl (C=O) groups excluding carboxylic acids is 1. The van der Waals surface area contributed by atoms with E-state index in [-0.39, 0.29) is 17.6 Å². The second kappa shape index (κ2) is 3.98. The molecule has 2 N–H and O–H groups in total. The molecule has 0 bridgehead atoms. The van der Waals surface area contributed by atoms with Crippen molar-refractivity contribution in [3.8, 4) is 0 Å². The highest BCUT2D eigenvalue weighted by atomic mass is 35.5. The van der Waals surface area contributed by atoms with E-state index >= 15 is 0 Å². The summed E-state index contributed by atoms with van der Waals surface area (Å²) in [6, 6.07) is 6.54. The summed E-state index contributed by atoms with van der Waals surface area (Å²) in [7, 11) is 0. The first-order valence-corrected chi connectivity index (χ1v) is 4.99. The minimum absolute atomic E-state index is 0.00480. The summed E-state index contributed by atoms with van der Waals surface area (Å²) < 4.78 is 5.04. The van der Waals surface area contributed by atoms with Crippen molar-refractivity contribution >= 4 is 23.4 Å². The normalized spacial score (nSPS) is 10.4. The average Bonchev–Trinajstić information content (AvgIpc) is 2.58. The molecule has 16 heavy (non-hydrogen) atoms. The number of carbonyl (C=O) groups is 1. The fourth-order valence-electron chi connectivity index (χ4n) is 1.36. The van der Waals surface area contributed by atoms with Gasteiger partial charge in [0.15, 0.2) is 5.76 Å². The maximum absolute atomic E-state index is 12.0. The maximum Gasteiger partial charge on any atom is 0.292 e. The van der Waals surface area contributed by atoms with Crippen LogP contribution in [0.2, 0.25) is 5.02 Å². The Morgan fingerprint density at radius 2 is 2.00 bits per heavy atom. The van der Waals surface area contributed by atoms with Crippen LogP contribution in [0.1, 0.15) is 21.8 Å². The van der Waals surface area contributed by atoms with E-state index in [1.165, 1.54) is 0 Å². The number of aryl methyl sites for hydroxylation is 1. The molecule has 0 fully saturated rings. The third-order valence-electron chi connectivity index (χ3n) is 2.13. The Bertz CT molecular complexity index is 531. The van der Waals surface area contributed by atoms with Gasteiger partial charge >= 0.3 is 0 Å². The standard InChI is InChI=1S/C11H9ClN2O2/c1-6-10(16-11(13)14-6)9(15)7-2-4-8(12)5-3-7/h2-5H,1H3,(H2,13,14). The predicted molar refractivity (Wildman–Crippen MR) is 60.5 cm³/mol. The van der Waals surface area contributed by atoms with Crippen LogP contribution in [0.4, 0.5) is 6.01 Å². The van der Waals surface area contributed by atoms with Crippen LogP contribution in [0.5, 0.6) is 0 Å². The number of hydrogen-bond acceptors (Lipinski definition) is 4. The third-order valence-corrected chi connectivity index (χ3v) is 2.38. The number of ketones is 1. The Labute approximate surface area is 97.0 Å². The van der Waals surface area contributed by atoms with E-state index in [1.54, 1.807) is 31.2 Å². The van der Waals surface area contributed by atoms with E-state index in [0.717, 1.165) is 0 Å². The fraction of sp³-hybridized carbons (Fsp3) is 0.0909. The molecule has 0 saturated heterocycles. The van der Waals surface area contributed by atoms with Crippen LogP contribution >= 0.6 is 11.6 Å². The molecule has 1 heterocycles. The molecule has 1 aromatic heterocycles. The van der Waals surface area contributed by atoms with E-state index in [2.05, 4.69) is 4.98 Å². The van der Waals surface area contributed by atoms with Gasteiger partial charge in [0.2, 0.25) is 5.78 Å². The van der Waals surface area contributed by atoms with Gasteiger partial charge in [-0.2, -0.15) is 4.98 Å². The van der Waals surface area contributed by atoms with Crippen molar-refractivity contribution in [3.63, 3.8) is 0 Å². The van der Waals surface area contributed by atoms with Gasteiger partial charge in [-0.1, -0.05) is 11.6 Å². The molecular formula is C11H9ClN2O2.